The van der Waals surface area contributed by atoms with E-state index in [0.29, 0.717) is 6.61 Å². The second kappa shape index (κ2) is 6.39. The van der Waals surface area contributed by atoms with Crippen LogP contribution in [0.3, 0.4) is 0 Å². The molecule has 0 saturated heterocycles. The summed E-state index contributed by atoms with van der Waals surface area (Å²) < 4.78 is 31.9. The highest BCUT2D eigenvalue weighted by molar-refractivity contribution is 7.80. The van der Waals surface area contributed by atoms with Crippen LogP contribution in [0.15, 0.2) is 12.1 Å². The summed E-state index contributed by atoms with van der Waals surface area (Å²) in [6.07, 6.45) is 0.0574. The molecule has 1 rings (SSSR count). The van der Waals surface area contributed by atoms with Crippen molar-refractivity contribution in [3.8, 4) is 0 Å². The lowest BCUT2D eigenvalue weighted by Crippen LogP contribution is -2.11. The lowest BCUT2D eigenvalue weighted by Gasteiger charge is -2.09. The Morgan fingerprint density at radius 3 is 2.61 bits per heavy atom. The molecule has 0 unspecified atom stereocenters. The summed E-state index contributed by atoms with van der Waals surface area (Å²) >= 11 is 4.89. The van der Waals surface area contributed by atoms with Crippen molar-refractivity contribution in [1.29, 1.82) is 0 Å². The molecule has 1 aromatic rings. The number of nitrogens with one attached hydrogen (secondary N) is 1. The maximum atomic E-state index is 13.5. The number of anilines is 1. The van der Waals surface area contributed by atoms with E-state index >= 15 is 0 Å². The van der Waals surface area contributed by atoms with Gasteiger partial charge in [-0.25, -0.2) is 8.78 Å². The van der Waals surface area contributed by atoms with E-state index < -0.39 is 17.5 Å². The van der Waals surface area contributed by atoms with Crippen molar-refractivity contribution in [3.05, 3.63) is 29.3 Å². The van der Waals surface area contributed by atoms with Crippen molar-refractivity contribution in [1.82, 2.24) is 0 Å². The Morgan fingerprint density at radius 2 is 2.06 bits per heavy atom. The van der Waals surface area contributed by atoms with Gasteiger partial charge in [0, 0.05) is 19.4 Å². The van der Waals surface area contributed by atoms with Crippen LogP contribution in [0.2, 0.25) is 0 Å². The van der Waals surface area contributed by atoms with Crippen LogP contribution in [0.5, 0.6) is 0 Å². The van der Waals surface area contributed by atoms with Gasteiger partial charge in [0.05, 0.1) is 12.3 Å². The highest BCUT2D eigenvalue weighted by Gasteiger charge is 2.12. The number of carbonyl (C=O) groups excluding carboxylic acids is 1. The van der Waals surface area contributed by atoms with Crippen LogP contribution in [0.1, 0.15) is 19.4 Å². The zero-order valence-electron chi connectivity index (χ0n) is 10.0. The number of amides is 1. The first-order chi connectivity index (χ1) is 8.43. The quantitative estimate of drug-likeness (QED) is 0.857. The SMILES string of the molecule is CCOC(=S)Cc1cc(NC(C)=O)c(F)cc1F. The molecule has 0 saturated carbocycles. The third kappa shape index (κ3) is 4.03. The van der Waals surface area contributed by atoms with Crippen molar-refractivity contribution >= 4 is 28.9 Å². The van der Waals surface area contributed by atoms with Gasteiger partial charge in [-0.15, -0.1) is 0 Å². The Morgan fingerprint density at radius 1 is 1.39 bits per heavy atom. The van der Waals surface area contributed by atoms with Crippen molar-refractivity contribution in [2.45, 2.75) is 20.3 Å². The molecule has 0 bridgehead atoms. The summed E-state index contributed by atoms with van der Waals surface area (Å²) in [6, 6.07) is 1.94. The van der Waals surface area contributed by atoms with Gasteiger partial charge in [0.25, 0.3) is 0 Å². The Bertz CT molecular complexity index is 477. The highest BCUT2D eigenvalue weighted by atomic mass is 32.1. The molecule has 0 atom stereocenters. The molecule has 0 aliphatic rings. The Labute approximate surface area is 109 Å². The van der Waals surface area contributed by atoms with Gasteiger partial charge in [-0.05, 0) is 30.8 Å². The Kier molecular flexibility index (Phi) is 5.15. The van der Waals surface area contributed by atoms with Gasteiger partial charge in [-0.2, -0.15) is 0 Å². The van der Waals surface area contributed by atoms with Gasteiger partial charge in [0.1, 0.15) is 11.6 Å². The molecule has 0 aromatic heterocycles. The summed E-state index contributed by atoms with van der Waals surface area (Å²) in [6.45, 7) is 3.39. The van der Waals surface area contributed by atoms with E-state index in [1.165, 1.54) is 13.0 Å². The van der Waals surface area contributed by atoms with E-state index in [9.17, 15) is 13.6 Å². The zero-order chi connectivity index (χ0) is 13.7. The number of carbonyl (C=O) groups is 1. The molecule has 98 valence electrons. The van der Waals surface area contributed by atoms with Crippen LogP contribution in [0.25, 0.3) is 0 Å². The number of hydrogen-bond acceptors (Lipinski definition) is 3. The molecule has 0 radical (unpaired) electrons. The molecule has 3 nitrogen and oxygen atoms in total. The van der Waals surface area contributed by atoms with E-state index in [0.717, 1.165) is 6.07 Å². The van der Waals surface area contributed by atoms with Crippen molar-refractivity contribution in [3.63, 3.8) is 0 Å². The number of thiocarbonyl (C=S) groups is 1. The van der Waals surface area contributed by atoms with E-state index in [2.05, 4.69) is 5.32 Å². The molecule has 18 heavy (non-hydrogen) atoms. The van der Waals surface area contributed by atoms with Crippen molar-refractivity contribution in [2.24, 2.45) is 0 Å². The van der Waals surface area contributed by atoms with Crippen molar-refractivity contribution in [2.75, 3.05) is 11.9 Å². The number of rotatable bonds is 4. The predicted octanol–water partition coefficient (Wildman–Crippen LogP) is 2.83. The van der Waals surface area contributed by atoms with Gasteiger partial charge in [-0.3, -0.25) is 4.79 Å². The maximum absolute atomic E-state index is 13.5. The summed E-state index contributed by atoms with van der Waals surface area (Å²) in [5, 5.41) is 2.50. The second-order valence-electron chi connectivity index (χ2n) is 3.59. The third-order valence-corrected chi connectivity index (χ3v) is 2.35. The molecule has 1 amide bonds. The van der Waals surface area contributed by atoms with Crippen molar-refractivity contribution < 1.29 is 18.3 Å². The van der Waals surface area contributed by atoms with Gasteiger partial charge >= 0.3 is 0 Å². The molecule has 0 spiro atoms. The Hall–Kier alpha value is -1.56. The van der Waals surface area contributed by atoms with E-state index in [1.807, 2.05) is 0 Å². The predicted molar refractivity (Wildman–Crippen MR) is 68.6 cm³/mol. The highest BCUT2D eigenvalue weighted by Crippen LogP contribution is 2.20. The number of hydrogen-bond donors (Lipinski definition) is 1. The monoisotopic (exact) mass is 273 g/mol. The number of ether oxygens (including phenoxy) is 1. The second-order valence-corrected chi connectivity index (χ2v) is 4.04. The maximum Gasteiger partial charge on any atom is 0.221 e. The summed E-state index contributed by atoms with van der Waals surface area (Å²) in [5.41, 5.74) is 0.108. The minimum Gasteiger partial charge on any atom is -0.487 e. The first-order valence-corrected chi connectivity index (χ1v) is 5.76. The molecular formula is C12H13F2NO2S. The molecular weight excluding hydrogens is 260 g/mol. The largest absolute Gasteiger partial charge is 0.487 e. The molecule has 6 heteroatoms. The van der Waals surface area contributed by atoms with E-state index in [4.69, 9.17) is 17.0 Å². The van der Waals surface area contributed by atoms with Crippen LogP contribution in [-0.2, 0) is 16.0 Å². The van der Waals surface area contributed by atoms with Crippen LogP contribution >= 0.6 is 12.2 Å². The molecule has 0 aliphatic heterocycles. The standard InChI is InChI=1S/C12H13F2NO2S/c1-3-17-12(18)5-8-4-11(15-7(2)16)10(14)6-9(8)13/h4,6H,3,5H2,1-2H3,(H,15,16). The molecule has 0 aliphatic carbocycles. The molecule has 1 aromatic carbocycles. The fourth-order valence-electron chi connectivity index (χ4n) is 1.38. The molecule has 0 fully saturated rings. The van der Waals surface area contributed by atoms with E-state index in [-0.39, 0.29) is 22.7 Å². The smallest absolute Gasteiger partial charge is 0.221 e. The van der Waals surface area contributed by atoms with Crippen LogP contribution in [-0.4, -0.2) is 17.6 Å². The third-order valence-electron chi connectivity index (χ3n) is 2.09. The minimum atomic E-state index is -0.825. The topological polar surface area (TPSA) is 38.3 Å². The van der Waals surface area contributed by atoms with E-state index in [1.54, 1.807) is 6.92 Å². The summed E-state index contributed by atoms with van der Waals surface area (Å²) in [4.78, 5) is 10.9. The fraction of sp³-hybridized carbons (Fsp3) is 0.333. The van der Waals surface area contributed by atoms with Crippen LogP contribution in [0.4, 0.5) is 14.5 Å². The summed E-state index contributed by atoms with van der Waals surface area (Å²) in [5.74, 6) is -1.98. The minimum absolute atomic E-state index is 0.0574. The first kappa shape index (κ1) is 14.5. The Balaban J connectivity index is 2.97. The van der Waals surface area contributed by atoms with Crippen LogP contribution < -0.4 is 5.32 Å². The van der Waals surface area contributed by atoms with Crippen LogP contribution in [0, 0.1) is 11.6 Å². The average molecular weight is 273 g/mol. The van der Waals surface area contributed by atoms with Gasteiger partial charge < -0.3 is 10.1 Å². The lowest BCUT2D eigenvalue weighted by atomic mass is 10.1. The van der Waals surface area contributed by atoms with Gasteiger partial charge in [0.15, 0.2) is 5.05 Å². The summed E-state index contributed by atoms with van der Waals surface area (Å²) in [7, 11) is 0. The normalized spacial score (nSPS) is 10.0. The van der Waals surface area contributed by atoms with Gasteiger partial charge in [0.2, 0.25) is 5.91 Å². The average Bonchev–Trinajstić information content (AvgIpc) is 2.24. The zero-order valence-corrected chi connectivity index (χ0v) is 10.9. The van der Waals surface area contributed by atoms with Gasteiger partial charge in [-0.1, -0.05) is 0 Å². The molecule has 0 heterocycles. The number of benzene rings is 1. The molecule has 1 N–H and O–H groups in total. The fourth-order valence-corrected chi connectivity index (χ4v) is 1.66. The number of halogens is 2. The first-order valence-electron chi connectivity index (χ1n) is 5.35. The lowest BCUT2D eigenvalue weighted by molar-refractivity contribution is -0.114.